The summed E-state index contributed by atoms with van der Waals surface area (Å²) < 4.78 is 5.98. The standard InChI is InChI=1S/C22H28N2O2/c1-15-7-6-8-16(2)21(15)24-22(25)17(3)23-18-11-13-20(14-12-18)26-19-9-4-5-10-19/h6-8,11-14,17,19,23H,4-5,9-10H2,1-3H3,(H,24,25). The number of hydrogen-bond acceptors (Lipinski definition) is 3. The van der Waals surface area contributed by atoms with Crippen LogP contribution in [0.4, 0.5) is 11.4 Å². The fourth-order valence-corrected chi connectivity index (χ4v) is 3.39. The highest BCUT2D eigenvalue weighted by Gasteiger charge is 2.17. The highest BCUT2D eigenvalue weighted by atomic mass is 16.5. The molecule has 138 valence electrons. The van der Waals surface area contributed by atoms with Crippen LogP contribution in [0.3, 0.4) is 0 Å². The van der Waals surface area contributed by atoms with E-state index >= 15 is 0 Å². The lowest BCUT2D eigenvalue weighted by Gasteiger charge is -2.18. The number of rotatable bonds is 6. The van der Waals surface area contributed by atoms with E-state index in [9.17, 15) is 4.79 Å². The molecule has 4 nitrogen and oxygen atoms in total. The maximum atomic E-state index is 12.5. The molecule has 2 aromatic rings. The van der Waals surface area contributed by atoms with Gasteiger partial charge >= 0.3 is 0 Å². The molecule has 1 unspecified atom stereocenters. The van der Waals surface area contributed by atoms with E-state index in [1.807, 2.05) is 63.2 Å². The van der Waals surface area contributed by atoms with E-state index in [0.29, 0.717) is 6.10 Å². The molecule has 0 saturated heterocycles. The second kappa shape index (κ2) is 8.26. The van der Waals surface area contributed by atoms with Crippen molar-refractivity contribution in [1.29, 1.82) is 0 Å². The van der Waals surface area contributed by atoms with Crippen LogP contribution in [-0.2, 0) is 4.79 Å². The van der Waals surface area contributed by atoms with Crippen molar-refractivity contribution in [3.8, 4) is 5.75 Å². The largest absolute Gasteiger partial charge is 0.490 e. The van der Waals surface area contributed by atoms with Crippen LogP contribution in [0.25, 0.3) is 0 Å². The van der Waals surface area contributed by atoms with Crippen LogP contribution in [0.2, 0.25) is 0 Å². The molecule has 1 aliphatic rings. The van der Waals surface area contributed by atoms with Crippen molar-refractivity contribution in [2.45, 2.75) is 58.6 Å². The molecular weight excluding hydrogens is 324 g/mol. The molecule has 0 spiro atoms. The van der Waals surface area contributed by atoms with Gasteiger partial charge in [0, 0.05) is 11.4 Å². The van der Waals surface area contributed by atoms with Crippen LogP contribution in [0.5, 0.6) is 5.75 Å². The smallest absolute Gasteiger partial charge is 0.246 e. The topological polar surface area (TPSA) is 50.4 Å². The first-order valence-electron chi connectivity index (χ1n) is 9.43. The van der Waals surface area contributed by atoms with Gasteiger partial charge in [-0.25, -0.2) is 0 Å². The average molecular weight is 352 g/mol. The highest BCUT2D eigenvalue weighted by Crippen LogP contribution is 2.25. The second-order valence-corrected chi connectivity index (χ2v) is 7.17. The van der Waals surface area contributed by atoms with Crippen LogP contribution in [0.1, 0.15) is 43.7 Å². The quantitative estimate of drug-likeness (QED) is 0.763. The molecule has 0 aliphatic heterocycles. The first-order valence-corrected chi connectivity index (χ1v) is 9.43. The Labute approximate surface area is 156 Å². The lowest BCUT2D eigenvalue weighted by atomic mass is 10.1. The normalized spacial score (nSPS) is 15.5. The number of anilines is 2. The van der Waals surface area contributed by atoms with Crippen LogP contribution >= 0.6 is 0 Å². The molecule has 3 rings (SSSR count). The molecule has 1 fully saturated rings. The van der Waals surface area contributed by atoms with E-state index in [-0.39, 0.29) is 11.9 Å². The number of amides is 1. The van der Waals surface area contributed by atoms with Crippen LogP contribution in [0, 0.1) is 13.8 Å². The first-order chi connectivity index (χ1) is 12.5. The van der Waals surface area contributed by atoms with Gasteiger partial charge in [-0.2, -0.15) is 0 Å². The zero-order valence-electron chi connectivity index (χ0n) is 15.8. The molecular formula is C22H28N2O2. The molecule has 1 aliphatic carbocycles. The monoisotopic (exact) mass is 352 g/mol. The summed E-state index contributed by atoms with van der Waals surface area (Å²) in [5.74, 6) is 0.851. The molecule has 1 atom stereocenters. The van der Waals surface area contributed by atoms with Crippen molar-refractivity contribution in [2.75, 3.05) is 10.6 Å². The van der Waals surface area contributed by atoms with Gasteiger partial charge in [0.15, 0.2) is 0 Å². The number of carbonyl (C=O) groups excluding carboxylic acids is 1. The maximum absolute atomic E-state index is 12.5. The Morgan fingerprint density at radius 3 is 2.27 bits per heavy atom. The fraction of sp³-hybridized carbons (Fsp3) is 0.409. The first kappa shape index (κ1) is 18.3. The number of para-hydroxylation sites is 1. The predicted octanol–water partition coefficient (Wildman–Crippen LogP) is 5.06. The molecule has 2 aromatic carbocycles. The molecule has 1 amide bonds. The van der Waals surface area contributed by atoms with Gasteiger partial charge in [0.25, 0.3) is 0 Å². The molecule has 0 radical (unpaired) electrons. The van der Waals surface area contributed by atoms with E-state index in [4.69, 9.17) is 4.74 Å². The number of benzene rings is 2. The lowest BCUT2D eigenvalue weighted by molar-refractivity contribution is -0.116. The van der Waals surface area contributed by atoms with Crippen molar-refractivity contribution in [2.24, 2.45) is 0 Å². The zero-order valence-corrected chi connectivity index (χ0v) is 15.8. The minimum atomic E-state index is -0.337. The third-order valence-corrected chi connectivity index (χ3v) is 4.97. The molecule has 0 bridgehead atoms. The zero-order chi connectivity index (χ0) is 18.5. The van der Waals surface area contributed by atoms with Gasteiger partial charge in [-0.3, -0.25) is 4.79 Å². The number of aryl methyl sites for hydroxylation is 2. The highest BCUT2D eigenvalue weighted by molar-refractivity contribution is 5.97. The van der Waals surface area contributed by atoms with E-state index < -0.39 is 0 Å². The Morgan fingerprint density at radius 1 is 1.04 bits per heavy atom. The summed E-state index contributed by atoms with van der Waals surface area (Å²) >= 11 is 0. The van der Waals surface area contributed by atoms with Gasteiger partial charge in [0.1, 0.15) is 11.8 Å². The SMILES string of the molecule is Cc1cccc(C)c1NC(=O)C(C)Nc1ccc(OC2CCCC2)cc1. The van der Waals surface area contributed by atoms with Gasteiger partial charge in [-0.15, -0.1) is 0 Å². The summed E-state index contributed by atoms with van der Waals surface area (Å²) in [6.45, 7) is 5.87. The van der Waals surface area contributed by atoms with Gasteiger partial charge in [-0.05, 0) is 81.8 Å². The van der Waals surface area contributed by atoms with E-state index in [0.717, 1.165) is 41.1 Å². The second-order valence-electron chi connectivity index (χ2n) is 7.17. The van der Waals surface area contributed by atoms with Crippen LogP contribution in [-0.4, -0.2) is 18.1 Å². The van der Waals surface area contributed by atoms with E-state index in [1.165, 1.54) is 12.8 Å². The summed E-state index contributed by atoms with van der Waals surface area (Å²) in [5, 5.41) is 6.29. The minimum absolute atomic E-state index is 0.0475. The summed E-state index contributed by atoms with van der Waals surface area (Å²) in [4.78, 5) is 12.5. The summed E-state index contributed by atoms with van der Waals surface area (Å²) in [6, 6.07) is 13.5. The lowest BCUT2D eigenvalue weighted by Crippen LogP contribution is -2.32. The fourth-order valence-electron chi connectivity index (χ4n) is 3.39. The average Bonchev–Trinajstić information content (AvgIpc) is 3.13. The van der Waals surface area contributed by atoms with Gasteiger partial charge < -0.3 is 15.4 Å². The Kier molecular flexibility index (Phi) is 5.82. The molecule has 2 N–H and O–H groups in total. The van der Waals surface area contributed by atoms with Crippen molar-refractivity contribution >= 4 is 17.3 Å². The molecule has 1 saturated carbocycles. The Balaban J connectivity index is 1.56. The van der Waals surface area contributed by atoms with Crippen molar-refractivity contribution < 1.29 is 9.53 Å². The molecule has 0 heterocycles. The third kappa shape index (κ3) is 4.57. The number of hydrogen-bond donors (Lipinski definition) is 2. The summed E-state index contributed by atoms with van der Waals surface area (Å²) in [5.41, 5.74) is 3.94. The molecule has 4 heteroatoms. The van der Waals surface area contributed by atoms with E-state index in [2.05, 4.69) is 10.6 Å². The van der Waals surface area contributed by atoms with Crippen molar-refractivity contribution in [3.63, 3.8) is 0 Å². The van der Waals surface area contributed by atoms with Crippen molar-refractivity contribution in [1.82, 2.24) is 0 Å². The summed E-state index contributed by atoms with van der Waals surface area (Å²) in [6.07, 6.45) is 5.18. The van der Waals surface area contributed by atoms with Crippen LogP contribution in [0.15, 0.2) is 42.5 Å². The van der Waals surface area contributed by atoms with Crippen LogP contribution < -0.4 is 15.4 Å². The van der Waals surface area contributed by atoms with Gasteiger partial charge in [-0.1, -0.05) is 18.2 Å². The van der Waals surface area contributed by atoms with Crippen molar-refractivity contribution in [3.05, 3.63) is 53.6 Å². The van der Waals surface area contributed by atoms with E-state index in [1.54, 1.807) is 0 Å². The Hall–Kier alpha value is -2.49. The molecule has 26 heavy (non-hydrogen) atoms. The number of ether oxygens (including phenoxy) is 1. The summed E-state index contributed by atoms with van der Waals surface area (Å²) in [7, 11) is 0. The maximum Gasteiger partial charge on any atom is 0.246 e. The third-order valence-electron chi connectivity index (χ3n) is 4.97. The van der Waals surface area contributed by atoms with Gasteiger partial charge in [0.2, 0.25) is 5.91 Å². The number of carbonyl (C=O) groups is 1. The van der Waals surface area contributed by atoms with Gasteiger partial charge in [0.05, 0.1) is 6.10 Å². The molecule has 0 aromatic heterocycles. The Morgan fingerprint density at radius 2 is 1.65 bits per heavy atom. The Bertz CT molecular complexity index is 729. The number of nitrogens with one attached hydrogen (secondary N) is 2. The predicted molar refractivity (Wildman–Crippen MR) is 107 cm³/mol. The minimum Gasteiger partial charge on any atom is -0.490 e.